The molecule has 5 heteroatoms. The Hall–Kier alpha value is -1.65. The van der Waals surface area contributed by atoms with Crippen molar-refractivity contribution in [3.8, 4) is 0 Å². The topological polar surface area (TPSA) is 52.3 Å². The minimum atomic E-state index is -3.30. The number of alkyl halides is 2. The van der Waals surface area contributed by atoms with Crippen LogP contribution in [0.15, 0.2) is 36.6 Å². The van der Waals surface area contributed by atoms with E-state index < -0.39 is 24.0 Å². The number of hydrogen-bond acceptors (Lipinski definition) is 3. The number of ether oxygens (including phenoxy) is 1. The summed E-state index contributed by atoms with van der Waals surface area (Å²) in [5.74, 6) is -4.14. The van der Waals surface area contributed by atoms with Crippen LogP contribution in [0, 0.1) is 0 Å². The Morgan fingerprint density at radius 2 is 2.00 bits per heavy atom. The van der Waals surface area contributed by atoms with Gasteiger partial charge in [0.15, 0.2) is 0 Å². The van der Waals surface area contributed by atoms with Crippen LogP contribution in [0.4, 0.5) is 8.78 Å². The molecule has 0 aromatic rings. The quantitative estimate of drug-likeness (QED) is 0.426. The van der Waals surface area contributed by atoms with Crippen molar-refractivity contribution in [3.05, 3.63) is 36.6 Å². The monoisotopic (exact) mass is 245 g/mol. The molecule has 0 saturated heterocycles. The van der Waals surface area contributed by atoms with Gasteiger partial charge < -0.3 is 10.5 Å². The predicted molar refractivity (Wildman–Crippen MR) is 62.4 cm³/mol. The highest BCUT2D eigenvalue weighted by molar-refractivity contribution is 5.89. The first kappa shape index (κ1) is 15.3. The van der Waals surface area contributed by atoms with Gasteiger partial charge >= 0.3 is 5.97 Å². The molecule has 0 aromatic heterocycles. The van der Waals surface area contributed by atoms with Gasteiger partial charge in [-0.1, -0.05) is 12.2 Å². The molecule has 0 atom stereocenters. The Labute approximate surface area is 99.6 Å². The normalized spacial score (nSPS) is 12.6. The number of carbonyl (C=O) groups excluding carboxylic acids is 1. The Bertz CT molecular complexity index is 335. The van der Waals surface area contributed by atoms with Crippen molar-refractivity contribution in [3.63, 3.8) is 0 Å². The molecular formula is C12H17F2NO2. The summed E-state index contributed by atoms with van der Waals surface area (Å²) < 4.78 is 31.7. The van der Waals surface area contributed by atoms with E-state index in [-0.39, 0.29) is 18.6 Å². The van der Waals surface area contributed by atoms with Crippen molar-refractivity contribution in [2.45, 2.75) is 25.7 Å². The summed E-state index contributed by atoms with van der Waals surface area (Å²) in [4.78, 5) is 11.5. The molecule has 0 bridgehead atoms. The van der Waals surface area contributed by atoms with Gasteiger partial charge in [-0.2, -0.15) is 8.78 Å². The van der Waals surface area contributed by atoms with E-state index in [9.17, 15) is 13.6 Å². The van der Waals surface area contributed by atoms with E-state index in [0.717, 1.165) is 6.08 Å². The zero-order valence-electron chi connectivity index (χ0n) is 9.84. The Morgan fingerprint density at radius 1 is 1.41 bits per heavy atom. The molecule has 0 heterocycles. The smallest absolute Gasteiger partial charge is 0.336 e. The number of esters is 1. The lowest BCUT2D eigenvalue weighted by Gasteiger charge is -2.18. The summed E-state index contributed by atoms with van der Waals surface area (Å²) in [5, 5.41) is 0. The van der Waals surface area contributed by atoms with Gasteiger partial charge in [-0.25, -0.2) is 4.79 Å². The van der Waals surface area contributed by atoms with E-state index in [1.165, 1.54) is 6.08 Å². The molecule has 0 spiro atoms. The molecule has 17 heavy (non-hydrogen) atoms. The van der Waals surface area contributed by atoms with Crippen molar-refractivity contribution in [1.29, 1.82) is 0 Å². The molecule has 2 N–H and O–H groups in total. The molecule has 0 aromatic carbocycles. The first-order valence-corrected chi connectivity index (χ1v) is 5.16. The molecule has 0 aliphatic heterocycles. The summed E-state index contributed by atoms with van der Waals surface area (Å²) in [6.07, 6.45) is 1.68. The van der Waals surface area contributed by atoms with Crippen LogP contribution in [-0.2, 0) is 9.53 Å². The zero-order valence-corrected chi connectivity index (χ0v) is 9.84. The number of carbonyl (C=O) groups is 1. The van der Waals surface area contributed by atoms with Crippen LogP contribution in [0.3, 0.4) is 0 Å². The summed E-state index contributed by atoms with van der Waals surface area (Å²) in [5.41, 5.74) is 4.29. The molecule has 0 aliphatic carbocycles. The zero-order chi connectivity index (χ0) is 13.5. The lowest BCUT2D eigenvalue weighted by Crippen LogP contribution is -2.29. The first-order valence-electron chi connectivity index (χ1n) is 5.16. The second-order valence-corrected chi connectivity index (χ2v) is 3.30. The van der Waals surface area contributed by atoms with Gasteiger partial charge in [0.1, 0.15) is 0 Å². The fraction of sp³-hybridized carbons (Fsp3) is 0.417. The highest BCUT2D eigenvalue weighted by atomic mass is 19.3. The number of allylic oxidation sites excluding steroid dienone is 3. The average Bonchev–Trinajstić information content (AvgIpc) is 2.25. The minimum Gasteiger partial charge on any atom is -0.463 e. The van der Waals surface area contributed by atoms with Crippen LogP contribution in [0.1, 0.15) is 19.8 Å². The Morgan fingerprint density at radius 3 is 2.41 bits per heavy atom. The lowest BCUT2D eigenvalue weighted by atomic mass is 10.0. The van der Waals surface area contributed by atoms with E-state index in [1.807, 2.05) is 0 Å². The summed E-state index contributed by atoms with van der Waals surface area (Å²) in [6, 6.07) is 0. The van der Waals surface area contributed by atoms with Crippen LogP contribution >= 0.6 is 0 Å². The molecule has 0 unspecified atom stereocenters. The number of halogens is 2. The maximum absolute atomic E-state index is 13.5. The van der Waals surface area contributed by atoms with Crippen molar-refractivity contribution >= 4 is 5.97 Å². The summed E-state index contributed by atoms with van der Waals surface area (Å²) in [7, 11) is 0. The maximum atomic E-state index is 13.5. The van der Waals surface area contributed by atoms with E-state index in [4.69, 9.17) is 5.73 Å². The van der Waals surface area contributed by atoms with Gasteiger partial charge in [0, 0.05) is 6.42 Å². The SMILES string of the molecule is C=CC/C(C(=O)OCC)=C(/N)C(F)(F)CC=C. The molecule has 0 radical (unpaired) electrons. The third-order valence-corrected chi connectivity index (χ3v) is 1.99. The third kappa shape index (κ3) is 4.38. The predicted octanol–water partition coefficient (Wildman–Crippen LogP) is 2.55. The number of rotatable bonds is 7. The van der Waals surface area contributed by atoms with Gasteiger partial charge in [-0.3, -0.25) is 0 Å². The van der Waals surface area contributed by atoms with Gasteiger partial charge in [0.05, 0.1) is 17.9 Å². The first-order chi connectivity index (χ1) is 7.90. The van der Waals surface area contributed by atoms with Crippen molar-refractivity contribution in [1.82, 2.24) is 0 Å². The summed E-state index contributed by atoms with van der Waals surface area (Å²) >= 11 is 0. The van der Waals surface area contributed by atoms with Crippen LogP contribution in [-0.4, -0.2) is 18.5 Å². The number of nitrogens with two attached hydrogens (primary N) is 1. The Kier molecular flexibility index (Phi) is 6.17. The molecule has 3 nitrogen and oxygen atoms in total. The maximum Gasteiger partial charge on any atom is 0.336 e. The van der Waals surface area contributed by atoms with Gasteiger partial charge in [-0.15, -0.1) is 13.2 Å². The third-order valence-electron chi connectivity index (χ3n) is 1.99. The molecule has 0 fully saturated rings. The van der Waals surface area contributed by atoms with Crippen LogP contribution in [0.2, 0.25) is 0 Å². The van der Waals surface area contributed by atoms with Crippen molar-refractivity contribution in [2.24, 2.45) is 5.73 Å². The Balaban J connectivity index is 5.29. The molecule has 0 aliphatic rings. The highest BCUT2D eigenvalue weighted by Gasteiger charge is 2.35. The van der Waals surface area contributed by atoms with Crippen LogP contribution in [0.25, 0.3) is 0 Å². The largest absolute Gasteiger partial charge is 0.463 e. The second-order valence-electron chi connectivity index (χ2n) is 3.30. The highest BCUT2D eigenvalue weighted by Crippen LogP contribution is 2.28. The summed E-state index contributed by atoms with van der Waals surface area (Å²) in [6.45, 7) is 8.29. The average molecular weight is 245 g/mol. The minimum absolute atomic E-state index is 0.0581. The molecular weight excluding hydrogens is 228 g/mol. The molecule has 96 valence electrons. The number of hydrogen-bond donors (Lipinski definition) is 1. The van der Waals surface area contributed by atoms with E-state index >= 15 is 0 Å². The fourth-order valence-electron chi connectivity index (χ4n) is 1.18. The standard InChI is InChI=1S/C12H17F2NO2/c1-4-7-9(11(16)17-6-3)10(15)12(13,14)8-5-2/h4-5H,1-2,6-8,15H2,3H3/b10-9-. The molecule has 0 saturated carbocycles. The second kappa shape index (κ2) is 6.83. The van der Waals surface area contributed by atoms with Gasteiger partial charge in [0.2, 0.25) is 0 Å². The fourth-order valence-corrected chi connectivity index (χ4v) is 1.18. The van der Waals surface area contributed by atoms with E-state index in [2.05, 4.69) is 17.9 Å². The van der Waals surface area contributed by atoms with Gasteiger partial charge in [0.25, 0.3) is 5.92 Å². The van der Waals surface area contributed by atoms with Crippen molar-refractivity contribution < 1.29 is 18.3 Å². The van der Waals surface area contributed by atoms with Crippen LogP contribution in [0.5, 0.6) is 0 Å². The van der Waals surface area contributed by atoms with E-state index in [0.29, 0.717) is 0 Å². The lowest BCUT2D eigenvalue weighted by molar-refractivity contribution is -0.138. The van der Waals surface area contributed by atoms with E-state index in [1.54, 1.807) is 6.92 Å². The molecule has 0 rings (SSSR count). The van der Waals surface area contributed by atoms with Crippen molar-refractivity contribution in [2.75, 3.05) is 6.61 Å². The van der Waals surface area contributed by atoms with Crippen LogP contribution < -0.4 is 5.73 Å². The van der Waals surface area contributed by atoms with Gasteiger partial charge in [-0.05, 0) is 13.3 Å². The molecule has 0 amide bonds.